The van der Waals surface area contributed by atoms with Gasteiger partial charge in [0.25, 0.3) is 0 Å². The van der Waals surface area contributed by atoms with Crippen molar-refractivity contribution >= 4 is 11.9 Å². The fourth-order valence-electron chi connectivity index (χ4n) is 1.22. The molecule has 0 aliphatic carbocycles. The molecule has 1 fully saturated rings. The van der Waals surface area contributed by atoms with Crippen LogP contribution < -0.4 is 5.32 Å². The molecule has 12 heavy (non-hydrogen) atoms. The molecule has 0 spiro atoms. The lowest BCUT2D eigenvalue weighted by Gasteiger charge is -2.38. The molecule has 1 aliphatic heterocycles. The summed E-state index contributed by atoms with van der Waals surface area (Å²) in [5, 5.41) is 2.91. The Hall–Kier alpha value is -0.900. The van der Waals surface area contributed by atoms with E-state index in [9.17, 15) is 9.59 Å². The molecule has 0 aromatic carbocycles. The Labute approximate surface area is 71.3 Å². The van der Waals surface area contributed by atoms with Gasteiger partial charge in [0.15, 0.2) is 0 Å². The maximum Gasteiger partial charge on any atom is 0.333 e. The Balaban J connectivity index is 2.93. The zero-order valence-corrected chi connectivity index (χ0v) is 7.72. The van der Waals surface area contributed by atoms with E-state index in [1.807, 2.05) is 0 Å². The molecule has 0 atom stereocenters. The van der Waals surface area contributed by atoms with Crippen molar-refractivity contribution in [3.05, 3.63) is 0 Å². The standard InChI is InChI=1S/C8H13NO3/c1-7(2)5(10)12-6(11)8(3,4)9-7/h9H,1-4H3. The molecule has 68 valence electrons. The van der Waals surface area contributed by atoms with E-state index in [0.717, 1.165) is 0 Å². The third kappa shape index (κ3) is 1.34. The molecule has 0 amide bonds. The third-order valence-electron chi connectivity index (χ3n) is 1.83. The largest absolute Gasteiger partial charge is 0.390 e. The summed E-state index contributed by atoms with van der Waals surface area (Å²) < 4.78 is 4.58. The fourth-order valence-corrected chi connectivity index (χ4v) is 1.22. The second-order valence-electron chi connectivity index (χ2n) is 4.05. The first-order chi connectivity index (χ1) is 5.26. The molecule has 0 saturated carbocycles. The number of hydrogen-bond donors (Lipinski definition) is 1. The van der Waals surface area contributed by atoms with Gasteiger partial charge in [-0.15, -0.1) is 0 Å². The van der Waals surface area contributed by atoms with Gasteiger partial charge in [-0.1, -0.05) is 0 Å². The molecule has 0 aromatic rings. The van der Waals surface area contributed by atoms with Crippen molar-refractivity contribution in [2.24, 2.45) is 0 Å². The van der Waals surface area contributed by atoms with Crippen molar-refractivity contribution in [1.29, 1.82) is 0 Å². The first kappa shape index (κ1) is 9.19. The van der Waals surface area contributed by atoms with Gasteiger partial charge < -0.3 is 4.74 Å². The predicted octanol–water partition coefficient (Wildman–Crippen LogP) is 0.217. The molecule has 1 heterocycles. The second kappa shape index (κ2) is 2.29. The minimum Gasteiger partial charge on any atom is -0.390 e. The summed E-state index contributed by atoms with van der Waals surface area (Å²) in [4.78, 5) is 22.2. The van der Waals surface area contributed by atoms with Gasteiger partial charge in [0.1, 0.15) is 11.1 Å². The lowest BCUT2D eigenvalue weighted by Crippen LogP contribution is -2.66. The van der Waals surface area contributed by atoms with Crippen LogP contribution in [0.3, 0.4) is 0 Å². The molecule has 0 radical (unpaired) electrons. The van der Waals surface area contributed by atoms with Crippen molar-refractivity contribution < 1.29 is 14.3 Å². The van der Waals surface area contributed by atoms with Crippen LogP contribution in [0.4, 0.5) is 0 Å². The molecule has 1 saturated heterocycles. The lowest BCUT2D eigenvalue weighted by atomic mass is 9.95. The normalized spacial score (nSPS) is 26.7. The number of esters is 2. The van der Waals surface area contributed by atoms with E-state index in [2.05, 4.69) is 10.1 Å². The van der Waals surface area contributed by atoms with Gasteiger partial charge in [0, 0.05) is 0 Å². The summed E-state index contributed by atoms with van der Waals surface area (Å²) in [6, 6.07) is 0. The highest BCUT2D eigenvalue weighted by atomic mass is 16.6. The average Bonchev–Trinajstić information content (AvgIpc) is 1.82. The van der Waals surface area contributed by atoms with E-state index in [1.165, 1.54) is 0 Å². The number of rotatable bonds is 0. The van der Waals surface area contributed by atoms with Crippen LogP contribution in [0.2, 0.25) is 0 Å². The smallest absolute Gasteiger partial charge is 0.333 e. The monoisotopic (exact) mass is 171 g/mol. The van der Waals surface area contributed by atoms with Gasteiger partial charge in [-0.2, -0.15) is 0 Å². The topological polar surface area (TPSA) is 55.4 Å². The van der Waals surface area contributed by atoms with Crippen LogP contribution in [0.15, 0.2) is 0 Å². The first-order valence-corrected chi connectivity index (χ1v) is 3.82. The van der Waals surface area contributed by atoms with E-state index in [4.69, 9.17) is 0 Å². The number of carbonyl (C=O) groups is 2. The van der Waals surface area contributed by atoms with Gasteiger partial charge in [-0.25, -0.2) is 9.59 Å². The highest BCUT2D eigenvalue weighted by Gasteiger charge is 2.46. The number of ether oxygens (including phenoxy) is 1. The van der Waals surface area contributed by atoms with Gasteiger partial charge in [-0.05, 0) is 27.7 Å². The summed E-state index contributed by atoms with van der Waals surface area (Å²) in [6.45, 7) is 6.74. The zero-order chi connectivity index (χ0) is 9.57. The Morgan fingerprint density at radius 1 is 1.00 bits per heavy atom. The van der Waals surface area contributed by atoms with E-state index in [-0.39, 0.29) is 0 Å². The Bertz CT molecular complexity index is 219. The minimum atomic E-state index is -0.780. The van der Waals surface area contributed by atoms with Gasteiger partial charge in [0.05, 0.1) is 0 Å². The lowest BCUT2D eigenvalue weighted by molar-refractivity contribution is -0.175. The van der Waals surface area contributed by atoms with Crippen LogP contribution in [0.5, 0.6) is 0 Å². The molecule has 0 aromatic heterocycles. The quantitative estimate of drug-likeness (QED) is 0.418. The van der Waals surface area contributed by atoms with Crippen molar-refractivity contribution in [3.8, 4) is 0 Å². The molecule has 1 N–H and O–H groups in total. The van der Waals surface area contributed by atoms with E-state index < -0.39 is 23.0 Å². The van der Waals surface area contributed by atoms with Crippen molar-refractivity contribution in [3.63, 3.8) is 0 Å². The van der Waals surface area contributed by atoms with Crippen LogP contribution in [-0.2, 0) is 14.3 Å². The zero-order valence-electron chi connectivity index (χ0n) is 7.72. The van der Waals surface area contributed by atoms with Gasteiger partial charge >= 0.3 is 11.9 Å². The van der Waals surface area contributed by atoms with Crippen LogP contribution >= 0.6 is 0 Å². The van der Waals surface area contributed by atoms with Crippen LogP contribution in [0, 0.1) is 0 Å². The summed E-state index contributed by atoms with van der Waals surface area (Å²) in [5.74, 6) is -1.04. The average molecular weight is 171 g/mol. The molecule has 4 heteroatoms. The third-order valence-corrected chi connectivity index (χ3v) is 1.83. The summed E-state index contributed by atoms with van der Waals surface area (Å²) in [7, 11) is 0. The van der Waals surface area contributed by atoms with Crippen LogP contribution in [0.1, 0.15) is 27.7 Å². The minimum absolute atomic E-state index is 0.521. The summed E-state index contributed by atoms with van der Waals surface area (Å²) in [5.41, 5.74) is -1.56. The molecule has 4 nitrogen and oxygen atoms in total. The molecule has 0 bridgehead atoms. The molecule has 0 unspecified atom stereocenters. The van der Waals surface area contributed by atoms with E-state index >= 15 is 0 Å². The maximum absolute atomic E-state index is 11.1. The molecule has 1 aliphatic rings. The van der Waals surface area contributed by atoms with Crippen molar-refractivity contribution in [1.82, 2.24) is 5.32 Å². The maximum atomic E-state index is 11.1. The first-order valence-electron chi connectivity index (χ1n) is 3.82. The number of hydrogen-bond acceptors (Lipinski definition) is 4. The predicted molar refractivity (Wildman–Crippen MR) is 42.4 cm³/mol. The molecule has 1 rings (SSSR count). The number of nitrogens with one attached hydrogen (secondary N) is 1. The van der Waals surface area contributed by atoms with Gasteiger partial charge in [-0.3, -0.25) is 5.32 Å². The highest BCUT2D eigenvalue weighted by molar-refractivity contribution is 5.97. The SMILES string of the molecule is CC1(C)NC(C)(C)C(=O)OC1=O. The number of morpholine rings is 1. The van der Waals surface area contributed by atoms with Crippen LogP contribution in [-0.4, -0.2) is 23.0 Å². The van der Waals surface area contributed by atoms with E-state index in [0.29, 0.717) is 0 Å². The van der Waals surface area contributed by atoms with E-state index in [1.54, 1.807) is 27.7 Å². The molecular formula is C8H13NO3. The Morgan fingerprint density at radius 3 is 1.58 bits per heavy atom. The van der Waals surface area contributed by atoms with Crippen LogP contribution in [0.25, 0.3) is 0 Å². The second-order valence-corrected chi connectivity index (χ2v) is 4.05. The van der Waals surface area contributed by atoms with Crippen molar-refractivity contribution in [2.75, 3.05) is 0 Å². The van der Waals surface area contributed by atoms with Gasteiger partial charge in [0.2, 0.25) is 0 Å². The number of cyclic esters (lactones) is 2. The highest BCUT2D eigenvalue weighted by Crippen LogP contribution is 2.20. The van der Waals surface area contributed by atoms with Crippen molar-refractivity contribution in [2.45, 2.75) is 38.8 Å². The number of carbonyl (C=O) groups excluding carboxylic acids is 2. The fraction of sp³-hybridized carbons (Fsp3) is 0.750. The molecular weight excluding hydrogens is 158 g/mol. The Morgan fingerprint density at radius 2 is 1.33 bits per heavy atom. The summed E-state index contributed by atoms with van der Waals surface area (Å²) >= 11 is 0. The summed E-state index contributed by atoms with van der Waals surface area (Å²) in [6.07, 6.45) is 0. The Kier molecular flexibility index (Phi) is 1.76.